The summed E-state index contributed by atoms with van der Waals surface area (Å²) in [6, 6.07) is 22.4. The van der Waals surface area contributed by atoms with Crippen LogP contribution in [0.3, 0.4) is 0 Å². The number of nitrogens with one attached hydrogen (secondary N) is 2. The van der Waals surface area contributed by atoms with Crippen LogP contribution in [0.15, 0.2) is 66.7 Å². The van der Waals surface area contributed by atoms with Crippen LogP contribution in [0.25, 0.3) is 11.0 Å². The average molecular weight is 642 g/mol. The summed E-state index contributed by atoms with van der Waals surface area (Å²) in [7, 11) is 5.28. The van der Waals surface area contributed by atoms with Crippen molar-refractivity contribution in [2.24, 2.45) is 0 Å². The summed E-state index contributed by atoms with van der Waals surface area (Å²) < 4.78 is 23.3. The van der Waals surface area contributed by atoms with Gasteiger partial charge in [0.2, 0.25) is 5.91 Å². The molecule has 2 N–H and O–H groups in total. The number of carbonyl (C=O) groups is 1. The number of aromatic nitrogens is 2. The molecule has 0 aliphatic carbocycles. The zero-order valence-corrected chi connectivity index (χ0v) is 27.9. The first-order valence-corrected chi connectivity index (χ1v) is 16.6. The molecule has 1 fully saturated rings. The monoisotopic (exact) mass is 641 g/mol. The van der Waals surface area contributed by atoms with Crippen LogP contribution in [0, 0.1) is 0 Å². The number of piperidine rings is 1. The minimum atomic E-state index is -0.176. The molecule has 0 bridgehead atoms. The van der Waals surface area contributed by atoms with Crippen molar-refractivity contribution in [3.8, 4) is 11.5 Å². The highest BCUT2D eigenvalue weighted by Gasteiger charge is 2.34. The first-order chi connectivity index (χ1) is 22.9. The van der Waals surface area contributed by atoms with Gasteiger partial charge in [0.15, 0.2) is 0 Å². The molecule has 10 heteroatoms. The molecule has 0 spiro atoms. The Balaban J connectivity index is 1.12. The van der Waals surface area contributed by atoms with Gasteiger partial charge in [-0.05, 0) is 67.3 Å². The second kappa shape index (κ2) is 15.2. The molecular weight excluding hydrogens is 594 g/mol. The van der Waals surface area contributed by atoms with Gasteiger partial charge >= 0.3 is 0 Å². The number of aromatic amines is 1. The molecule has 4 aromatic rings. The number of carbonyl (C=O) groups excluding carboxylic acids is 1. The lowest BCUT2D eigenvalue weighted by molar-refractivity contribution is -0.132. The van der Waals surface area contributed by atoms with Gasteiger partial charge in [-0.15, -0.1) is 0 Å². The van der Waals surface area contributed by atoms with Crippen molar-refractivity contribution in [1.82, 2.24) is 20.2 Å². The van der Waals surface area contributed by atoms with E-state index in [0.29, 0.717) is 26.2 Å². The van der Waals surface area contributed by atoms with E-state index >= 15 is 0 Å². The standard InChI is InChI=1S/C37H47N5O5/c1-25(37-39-31-8-5-6-9-32(31)40-37)41(2)36(43)22-28-21-30(27-11-13-29(45-4)14-12-27)35(23-38-28)47-24-26-10-15-34-33(20-26)42(17-19-46-34)16-7-18-44-3/h5-6,8-15,20,25,28,30,35,38H,7,16-19,21-24H2,1-4H3,(H,39,40)/t25?,28-,30+,35-/m0/s1. The van der Waals surface area contributed by atoms with E-state index in [-0.39, 0.29) is 30.0 Å². The first-order valence-electron chi connectivity index (χ1n) is 16.6. The summed E-state index contributed by atoms with van der Waals surface area (Å²) >= 11 is 0. The van der Waals surface area contributed by atoms with Crippen molar-refractivity contribution in [2.45, 2.75) is 56.9 Å². The number of ether oxygens (including phenoxy) is 4. The molecule has 1 unspecified atom stereocenters. The van der Waals surface area contributed by atoms with E-state index in [0.717, 1.165) is 72.1 Å². The van der Waals surface area contributed by atoms with Crippen molar-refractivity contribution in [2.75, 3.05) is 59.0 Å². The summed E-state index contributed by atoms with van der Waals surface area (Å²) in [5.41, 5.74) is 5.28. The number of rotatable bonds is 13. The van der Waals surface area contributed by atoms with Crippen molar-refractivity contribution < 1.29 is 23.7 Å². The van der Waals surface area contributed by atoms with Gasteiger partial charge in [-0.3, -0.25) is 4.79 Å². The molecule has 3 heterocycles. The maximum absolute atomic E-state index is 13.6. The molecule has 1 aromatic heterocycles. The van der Waals surface area contributed by atoms with Gasteiger partial charge in [-0.1, -0.05) is 30.3 Å². The number of para-hydroxylation sites is 2. The summed E-state index contributed by atoms with van der Waals surface area (Å²) in [4.78, 5) is 25.8. The van der Waals surface area contributed by atoms with Crippen LogP contribution in [0.5, 0.6) is 11.5 Å². The topological polar surface area (TPSA) is 101 Å². The van der Waals surface area contributed by atoms with Crippen LogP contribution >= 0.6 is 0 Å². The van der Waals surface area contributed by atoms with E-state index in [1.54, 1.807) is 19.1 Å². The van der Waals surface area contributed by atoms with Crippen LogP contribution in [-0.2, 0) is 20.9 Å². The SMILES string of the molecule is COCCCN1CCOc2ccc(CO[C@H]3CN[C@H](CC(=O)N(C)C(C)c4nc5ccccc5[nH]4)C[C@@H]3c3ccc(OC)cc3)cc21. The smallest absolute Gasteiger partial charge is 0.224 e. The highest BCUT2D eigenvalue weighted by molar-refractivity contribution is 5.78. The number of anilines is 1. The van der Waals surface area contributed by atoms with Crippen LogP contribution in [0.2, 0.25) is 0 Å². The van der Waals surface area contributed by atoms with Gasteiger partial charge < -0.3 is 39.0 Å². The van der Waals surface area contributed by atoms with E-state index in [4.69, 9.17) is 23.9 Å². The molecule has 0 radical (unpaired) electrons. The highest BCUT2D eigenvalue weighted by atomic mass is 16.5. The molecule has 4 atom stereocenters. The van der Waals surface area contributed by atoms with E-state index in [2.05, 4.69) is 45.5 Å². The zero-order valence-electron chi connectivity index (χ0n) is 27.9. The highest BCUT2D eigenvalue weighted by Crippen LogP contribution is 2.35. The number of H-pyrrole nitrogens is 1. The van der Waals surface area contributed by atoms with Crippen LogP contribution < -0.4 is 19.7 Å². The maximum atomic E-state index is 13.6. The van der Waals surface area contributed by atoms with Crippen LogP contribution in [0.4, 0.5) is 5.69 Å². The Bertz CT molecular complexity index is 1590. The molecular formula is C37H47N5O5. The first kappa shape index (κ1) is 32.8. The Morgan fingerprint density at radius 3 is 2.74 bits per heavy atom. The van der Waals surface area contributed by atoms with Crippen LogP contribution in [0.1, 0.15) is 55.1 Å². The lowest BCUT2D eigenvalue weighted by Crippen LogP contribution is -2.49. The number of amides is 1. The van der Waals surface area contributed by atoms with Crippen molar-refractivity contribution in [3.63, 3.8) is 0 Å². The summed E-state index contributed by atoms with van der Waals surface area (Å²) in [6.45, 7) is 6.35. The van der Waals surface area contributed by atoms with Gasteiger partial charge in [0.1, 0.15) is 23.9 Å². The third-order valence-corrected chi connectivity index (χ3v) is 9.56. The largest absolute Gasteiger partial charge is 0.497 e. The minimum Gasteiger partial charge on any atom is -0.497 e. The van der Waals surface area contributed by atoms with Crippen molar-refractivity contribution in [1.29, 1.82) is 0 Å². The van der Waals surface area contributed by atoms with Crippen molar-refractivity contribution in [3.05, 3.63) is 83.7 Å². The number of nitrogens with zero attached hydrogens (tertiary/aromatic N) is 3. The lowest BCUT2D eigenvalue weighted by Gasteiger charge is -2.38. The van der Waals surface area contributed by atoms with Gasteiger partial charge in [-0.25, -0.2) is 4.98 Å². The fraction of sp³-hybridized carbons (Fsp3) is 0.459. The normalized spacial score (nSPS) is 20.0. The predicted molar refractivity (Wildman–Crippen MR) is 183 cm³/mol. The lowest BCUT2D eigenvalue weighted by atomic mass is 9.83. The molecule has 2 aliphatic rings. The predicted octanol–water partition coefficient (Wildman–Crippen LogP) is 5.45. The number of benzene rings is 3. The van der Waals surface area contributed by atoms with E-state index in [1.807, 2.05) is 50.4 Å². The Labute approximate surface area is 277 Å². The zero-order chi connectivity index (χ0) is 32.8. The molecule has 0 saturated carbocycles. The van der Waals surface area contributed by atoms with Crippen molar-refractivity contribution >= 4 is 22.6 Å². The summed E-state index contributed by atoms with van der Waals surface area (Å²) in [5, 5.41) is 3.64. The fourth-order valence-electron chi connectivity index (χ4n) is 6.67. The van der Waals surface area contributed by atoms with Gasteiger partial charge in [0, 0.05) is 52.2 Å². The quantitative estimate of drug-likeness (QED) is 0.186. The second-order valence-electron chi connectivity index (χ2n) is 12.6. The second-order valence-corrected chi connectivity index (χ2v) is 12.6. The maximum Gasteiger partial charge on any atom is 0.224 e. The van der Waals surface area contributed by atoms with Gasteiger partial charge in [0.05, 0.1) is 49.1 Å². The Morgan fingerprint density at radius 1 is 1.13 bits per heavy atom. The number of methoxy groups -OCH3 is 2. The molecule has 10 nitrogen and oxygen atoms in total. The average Bonchev–Trinajstić information content (AvgIpc) is 3.55. The van der Waals surface area contributed by atoms with E-state index in [9.17, 15) is 4.79 Å². The van der Waals surface area contributed by atoms with E-state index < -0.39 is 0 Å². The Hall–Kier alpha value is -4.12. The molecule has 6 rings (SSSR count). The third kappa shape index (κ3) is 7.72. The summed E-state index contributed by atoms with van der Waals surface area (Å²) in [5.74, 6) is 2.72. The number of imidazole rings is 1. The van der Waals surface area contributed by atoms with Crippen LogP contribution in [-0.4, -0.2) is 87.0 Å². The molecule has 250 valence electrons. The number of hydrogen-bond donors (Lipinski definition) is 2. The third-order valence-electron chi connectivity index (χ3n) is 9.56. The minimum absolute atomic E-state index is 0.0151. The molecule has 2 aliphatic heterocycles. The molecule has 1 saturated heterocycles. The Morgan fingerprint density at radius 2 is 1.96 bits per heavy atom. The Kier molecular flexibility index (Phi) is 10.6. The van der Waals surface area contributed by atoms with E-state index in [1.165, 1.54) is 5.56 Å². The van der Waals surface area contributed by atoms with Gasteiger partial charge in [-0.2, -0.15) is 0 Å². The molecule has 3 aromatic carbocycles. The molecule has 47 heavy (non-hydrogen) atoms. The fourth-order valence-corrected chi connectivity index (χ4v) is 6.67. The van der Waals surface area contributed by atoms with Gasteiger partial charge in [0.25, 0.3) is 0 Å². The number of hydrogen-bond acceptors (Lipinski definition) is 8. The number of fused-ring (bicyclic) bond motifs is 2. The summed E-state index contributed by atoms with van der Waals surface area (Å²) in [6.07, 6.45) is 2.07. The molecule has 1 amide bonds.